The second kappa shape index (κ2) is 8.95. The van der Waals surface area contributed by atoms with Crippen LogP contribution in [0.3, 0.4) is 0 Å². The first-order valence-corrected chi connectivity index (χ1v) is 9.38. The van der Waals surface area contributed by atoms with Crippen molar-refractivity contribution >= 4 is 29.0 Å². The van der Waals surface area contributed by atoms with Gasteiger partial charge in [-0.1, -0.05) is 12.1 Å². The van der Waals surface area contributed by atoms with Crippen LogP contribution in [0.4, 0.5) is 8.78 Å². The molecule has 3 aromatic rings. The molecule has 0 aliphatic rings. The van der Waals surface area contributed by atoms with Crippen LogP contribution in [-0.2, 0) is 13.0 Å². The van der Waals surface area contributed by atoms with Gasteiger partial charge in [0.2, 0.25) is 0 Å². The zero-order chi connectivity index (χ0) is 21.0. The standard InChI is InChI=1S/C20H19F2N3O3S/c1-2-25-18(27)15-8-5-13(11-16(15)24-20(25)29)17(26)23-10-9-12-3-6-14(7-4-12)28-19(21)22/h3-8,11,19H,2,9-10H2,1H3,(H,23,26)(H,24,29). The third-order valence-corrected chi connectivity index (χ3v) is 4.73. The van der Waals surface area contributed by atoms with E-state index in [0.29, 0.717) is 40.7 Å². The summed E-state index contributed by atoms with van der Waals surface area (Å²) in [4.78, 5) is 27.8. The lowest BCUT2D eigenvalue weighted by molar-refractivity contribution is -0.0498. The van der Waals surface area contributed by atoms with Crippen molar-refractivity contribution < 1.29 is 18.3 Å². The number of aromatic amines is 1. The number of carbonyl (C=O) groups is 1. The molecule has 0 spiro atoms. The van der Waals surface area contributed by atoms with Gasteiger partial charge in [-0.3, -0.25) is 14.2 Å². The van der Waals surface area contributed by atoms with E-state index >= 15 is 0 Å². The average Bonchev–Trinajstić information content (AvgIpc) is 2.68. The van der Waals surface area contributed by atoms with E-state index in [1.54, 1.807) is 30.3 Å². The van der Waals surface area contributed by atoms with Crippen LogP contribution in [0.2, 0.25) is 0 Å². The number of amides is 1. The second-order valence-corrected chi connectivity index (χ2v) is 6.65. The predicted molar refractivity (Wildman–Crippen MR) is 108 cm³/mol. The normalized spacial score (nSPS) is 11.0. The number of halogens is 2. The van der Waals surface area contributed by atoms with Crippen molar-refractivity contribution in [1.29, 1.82) is 0 Å². The summed E-state index contributed by atoms with van der Waals surface area (Å²) in [6, 6.07) is 11.0. The molecule has 0 aliphatic heterocycles. The van der Waals surface area contributed by atoms with Gasteiger partial charge in [0.25, 0.3) is 11.5 Å². The van der Waals surface area contributed by atoms with Crippen molar-refractivity contribution in [2.45, 2.75) is 26.5 Å². The fourth-order valence-electron chi connectivity index (χ4n) is 2.94. The molecule has 0 atom stereocenters. The molecule has 1 heterocycles. The molecule has 0 fully saturated rings. The average molecular weight is 419 g/mol. The summed E-state index contributed by atoms with van der Waals surface area (Å²) < 4.78 is 30.4. The van der Waals surface area contributed by atoms with Gasteiger partial charge in [-0.15, -0.1) is 0 Å². The molecule has 0 saturated carbocycles. The molecule has 2 aromatic carbocycles. The third kappa shape index (κ3) is 4.86. The van der Waals surface area contributed by atoms with Crippen molar-refractivity contribution in [3.8, 4) is 5.75 Å². The van der Waals surface area contributed by atoms with Gasteiger partial charge < -0.3 is 15.0 Å². The number of nitrogens with zero attached hydrogens (tertiary/aromatic N) is 1. The number of carbonyl (C=O) groups excluding carboxylic acids is 1. The molecule has 152 valence electrons. The highest BCUT2D eigenvalue weighted by Gasteiger charge is 2.10. The molecule has 1 amide bonds. The Balaban J connectivity index is 1.65. The summed E-state index contributed by atoms with van der Waals surface area (Å²) in [5.74, 6) is -0.202. The lowest BCUT2D eigenvalue weighted by Gasteiger charge is -2.09. The zero-order valence-corrected chi connectivity index (χ0v) is 16.4. The van der Waals surface area contributed by atoms with E-state index in [9.17, 15) is 18.4 Å². The molecule has 0 radical (unpaired) electrons. The van der Waals surface area contributed by atoms with Crippen LogP contribution in [0, 0.1) is 4.77 Å². The maximum atomic E-state index is 12.4. The van der Waals surface area contributed by atoms with Crippen LogP contribution in [0.25, 0.3) is 10.9 Å². The van der Waals surface area contributed by atoms with E-state index < -0.39 is 6.61 Å². The lowest BCUT2D eigenvalue weighted by atomic mass is 10.1. The Bertz CT molecular complexity index is 1140. The number of rotatable bonds is 7. The summed E-state index contributed by atoms with van der Waals surface area (Å²) in [6.07, 6.45) is 0.526. The van der Waals surface area contributed by atoms with E-state index in [-0.39, 0.29) is 17.2 Å². The Morgan fingerprint density at radius 3 is 2.62 bits per heavy atom. The highest BCUT2D eigenvalue weighted by Crippen LogP contribution is 2.15. The first-order valence-electron chi connectivity index (χ1n) is 8.98. The fourth-order valence-corrected chi connectivity index (χ4v) is 3.26. The van der Waals surface area contributed by atoms with E-state index in [1.807, 2.05) is 6.92 Å². The molecule has 0 unspecified atom stereocenters. The third-order valence-electron chi connectivity index (χ3n) is 4.41. The Kier molecular flexibility index (Phi) is 6.38. The van der Waals surface area contributed by atoms with Gasteiger partial charge in [-0.05, 0) is 61.5 Å². The van der Waals surface area contributed by atoms with E-state index in [0.717, 1.165) is 5.56 Å². The lowest BCUT2D eigenvalue weighted by Crippen LogP contribution is -2.26. The van der Waals surface area contributed by atoms with Crippen molar-refractivity contribution in [1.82, 2.24) is 14.9 Å². The number of fused-ring (bicyclic) bond motifs is 1. The summed E-state index contributed by atoms with van der Waals surface area (Å²) in [5, 5.41) is 3.26. The van der Waals surface area contributed by atoms with Crippen molar-refractivity contribution in [3.63, 3.8) is 0 Å². The van der Waals surface area contributed by atoms with Gasteiger partial charge in [-0.25, -0.2) is 0 Å². The minimum Gasteiger partial charge on any atom is -0.435 e. The topological polar surface area (TPSA) is 76.1 Å². The molecule has 0 bridgehead atoms. The maximum Gasteiger partial charge on any atom is 0.387 e. The minimum absolute atomic E-state index is 0.0865. The Hall–Kier alpha value is -3.07. The number of ether oxygens (including phenoxy) is 1. The number of hydrogen-bond donors (Lipinski definition) is 2. The van der Waals surface area contributed by atoms with Crippen LogP contribution in [-0.4, -0.2) is 28.6 Å². The Labute approximate surface area is 170 Å². The molecule has 0 aliphatic carbocycles. The molecule has 0 saturated heterocycles. The predicted octanol–water partition coefficient (Wildman–Crippen LogP) is 3.65. The van der Waals surface area contributed by atoms with E-state index in [1.165, 1.54) is 16.7 Å². The zero-order valence-electron chi connectivity index (χ0n) is 15.6. The van der Waals surface area contributed by atoms with Crippen molar-refractivity contribution in [2.75, 3.05) is 6.54 Å². The number of hydrogen-bond acceptors (Lipinski definition) is 4. The van der Waals surface area contributed by atoms with Gasteiger partial charge in [-0.2, -0.15) is 8.78 Å². The fraction of sp³-hybridized carbons (Fsp3) is 0.250. The van der Waals surface area contributed by atoms with E-state index in [4.69, 9.17) is 12.2 Å². The van der Waals surface area contributed by atoms with Crippen molar-refractivity contribution in [2.24, 2.45) is 0 Å². The molecule has 1 aromatic heterocycles. The molecular formula is C20H19F2N3O3S. The molecular weight excluding hydrogens is 400 g/mol. The maximum absolute atomic E-state index is 12.4. The summed E-state index contributed by atoms with van der Waals surface area (Å²) in [5.41, 5.74) is 1.58. The smallest absolute Gasteiger partial charge is 0.387 e. The summed E-state index contributed by atoms with van der Waals surface area (Å²) in [6.45, 7) is -0.208. The van der Waals surface area contributed by atoms with Crippen LogP contribution in [0.15, 0.2) is 47.3 Å². The quantitative estimate of drug-likeness (QED) is 0.573. The Morgan fingerprint density at radius 1 is 1.24 bits per heavy atom. The number of nitrogens with one attached hydrogen (secondary N) is 2. The molecule has 29 heavy (non-hydrogen) atoms. The molecule has 3 rings (SSSR count). The first kappa shape index (κ1) is 20.7. The van der Waals surface area contributed by atoms with Crippen LogP contribution in [0.5, 0.6) is 5.75 Å². The monoisotopic (exact) mass is 419 g/mol. The highest BCUT2D eigenvalue weighted by atomic mass is 32.1. The van der Waals surface area contributed by atoms with Crippen LogP contribution >= 0.6 is 12.2 Å². The number of aromatic nitrogens is 2. The highest BCUT2D eigenvalue weighted by molar-refractivity contribution is 7.71. The second-order valence-electron chi connectivity index (χ2n) is 6.27. The Morgan fingerprint density at radius 2 is 1.97 bits per heavy atom. The molecule has 9 heteroatoms. The first-order chi connectivity index (χ1) is 13.9. The molecule has 6 nitrogen and oxygen atoms in total. The van der Waals surface area contributed by atoms with Gasteiger partial charge >= 0.3 is 6.61 Å². The van der Waals surface area contributed by atoms with E-state index in [2.05, 4.69) is 15.0 Å². The van der Waals surface area contributed by atoms with Gasteiger partial charge in [0.05, 0.1) is 10.9 Å². The number of benzene rings is 2. The van der Waals surface area contributed by atoms with Crippen LogP contribution < -0.4 is 15.6 Å². The minimum atomic E-state index is -2.86. The van der Waals surface area contributed by atoms with Gasteiger partial charge in [0.1, 0.15) is 5.75 Å². The van der Waals surface area contributed by atoms with Crippen LogP contribution in [0.1, 0.15) is 22.8 Å². The number of alkyl halides is 2. The summed E-state index contributed by atoms with van der Waals surface area (Å²) >= 11 is 5.19. The number of H-pyrrole nitrogens is 1. The SMILES string of the molecule is CCn1c(=S)[nH]c2cc(C(=O)NCCc3ccc(OC(F)F)cc3)ccc2c1=O. The largest absolute Gasteiger partial charge is 0.435 e. The summed E-state index contributed by atoms with van der Waals surface area (Å²) in [7, 11) is 0. The van der Waals surface area contributed by atoms with Gasteiger partial charge in [0, 0.05) is 18.7 Å². The van der Waals surface area contributed by atoms with Crippen molar-refractivity contribution in [3.05, 3.63) is 68.7 Å². The van der Waals surface area contributed by atoms with Gasteiger partial charge in [0.15, 0.2) is 4.77 Å². The molecule has 2 N–H and O–H groups in total.